The molecule has 4 aliphatic rings. The van der Waals surface area contributed by atoms with E-state index in [1.54, 1.807) is 11.1 Å². The van der Waals surface area contributed by atoms with Gasteiger partial charge in [-0.15, -0.1) is 11.6 Å². The predicted molar refractivity (Wildman–Crippen MR) is 78.4 cm³/mol. The van der Waals surface area contributed by atoms with Crippen molar-refractivity contribution in [2.75, 3.05) is 0 Å². The van der Waals surface area contributed by atoms with Crippen LogP contribution in [0.2, 0.25) is 0 Å². The van der Waals surface area contributed by atoms with Crippen LogP contribution in [0.5, 0.6) is 0 Å². The lowest BCUT2D eigenvalue weighted by atomic mass is 9.95. The van der Waals surface area contributed by atoms with Crippen molar-refractivity contribution >= 4 is 11.6 Å². The van der Waals surface area contributed by atoms with Crippen LogP contribution in [0.25, 0.3) is 0 Å². The van der Waals surface area contributed by atoms with Crippen molar-refractivity contribution in [3.63, 3.8) is 0 Å². The van der Waals surface area contributed by atoms with E-state index in [0.29, 0.717) is 5.38 Å². The highest BCUT2D eigenvalue weighted by Crippen LogP contribution is 2.73. The van der Waals surface area contributed by atoms with Gasteiger partial charge in [0, 0.05) is 0 Å². The largest absolute Gasteiger partial charge is 0.117 e. The molecule has 100 valence electrons. The van der Waals surface area contributed by atoms with Gasteiger partial charge in [0.25, 0.3) is 0 Å². The van der Waals surface area contributed by atoms with Gasteiger partial charge in [-0.1, -0.05) is 18.2 Å². The Kier molecular flexibility index (Phi) is 2.23. The SMILES string of the molecule is ClC(c1ccc2c(c1)CCC2)C1C2C3CCC(C3)C21. The molecule has 4 aliphatic carbocycles. The Morgan fingerprint density at radius 3 is 2.53 bits per heavy atom. The molecule has 0 saturated heterocycles. The molecular formula is C18H21Cl. The summed E-state index contributed by atoms with van der Waals surface area (Å²) in [5.41, 5.74) is 4.57. The van der Waals surface area contributed by atoms with E-state index in [1.165, 1.54) is 44.1 Å². The van der Waals surface area contributed by atoms with Crippen molar-refractivity contribution in [2.45, 2.75) is 43.9 Å². The summed E-state index contributed by atoms with van der Waals surface area (Å²) in [7, 11) is 0. The highest BCUT2D eigenvalue weighted by Gasteiger charge is 2.66. The Bertz CT molecular complexity index is 518. The maximum absolute atomic E-state index is 6.87. The van der Waals surface area contributed by atoms with E-state index >= 15 is 0 Å². The Morgan fingerprint density at radius 1 is 1.00 bits per heavy atom. The number of benzene rings is 1. The first kappa shape index (κ1) is 11.2. The minimum absolute atomic E-state index is 0.296. The molecule has 1 aromatic rings. The van der Waals surface area contributed by atoms with Crippen LogP contribution in [-0.4, -0.2) is 0 Å². The Morgan fingerprint density at radius 2 is 1.74 bits per heavy atom. The van der Waals surface area contributed by atoms with Crippen LogP contribution in [0.4, 0.5) is 0 Å². The second-order valence-electron chi connectivity index (χ2n) is 7.35. The van der Waals surface area contributed by atoms with Crippen LogP contribution in [0.3, 0.4) is 0 Å². The van der Waals surface area contributed by atoms with Gasteiger partial charge in [0.15, 0.2) is 0 Å². The van der Waals surface area contributed by atoms with Gasteiger partial charge in [0.05, 0.1) is 5.38 Å². The molecule has 0 N–H and O–H groups in total. The summed E-state index contributed by atoms with van der Waals surface area (Å²) >= 11 is 6.87. The molecule has 5 rings (SSSR count). The minimum Gasteiger partial charge on any atom is -0.117 e. The number of aryl methyl sites for hydroxylation is 2. The fourth-order valence-electron chi connectivity index (χ4n) is 5.77. The van der Waals surface area contributed by atoms with Gasteiger partial charge in [-0.2, -0.15) is 0 Å². The molecule has 0 aliphatic heterocycles. The number of rotatable bonds is 2. The maximum atomic E-state index is 6.87. The lowest BCUT2D eigenvalue weighted by Gasteiger charge is -2.15. The molecule has 2 bridgehead atoms. The quantitative estimate of drug-likeness (QED) is 0.682. The Labute approximate surface area is 120 Å². The van der Waals surface area contributed by atoms with Gasteiger partial charge in [0.1, 0.15) is 0 Å². The van der Waals surface area contributed by atoms with Gasteiger partial charge in [-0.25, -0.2) is 0 Å². The van der Waals surface area contributed by atoms with Crippen molar-refractivity contribution in [2.24, 2.45) is 29.6 Å². The fraction of sp³-hybridized carbons (Fsp3) is 0.667. The summed E-state index contributed by atoms with van der Waals surface area (Å²) < 4.78 is 0. The number of hydrogen-bond donors (Lipinski definition) is 0. The first-order valence-corrected chi connectivity index (χ1v) is 8.52. The number of alkyl halides is 1. The third kappa shape index (κ3) is 1.47. The minimum atomic E-state index is 0.296. The number of fused-ring (bicyclic) bond motifs is 6. The molecule has 1 aromatic carbocycles. The van der Waals surface area contributed by atoms with Gasteiger partial charge in [-0.3, -0.25) is 0 Å². The maximum Gasteiger partial charge on any atom is 0.0619 e. The molecule has 3 saturated carbocycles. The smallest absolute Gasteiger partial charge is 0.0619 e. The number of hydrogen-bond acceptors (Lipinski definition) is 0. The van der Waals surface area contributed by atoms with Crippen LogP contribution in [0.15, 0.2) is 18.2 Å². The standard InChI is InChI=1S/C18H21Cl/c19-18(14-7-4-10-2-1-3-11(10)8-14)17-15-12-5-6-13(9-12)16(15)17/h4,7-8,12-13,15-18H,1-3,5-6,9H2. The summed E-state index contributed by atoms with van der Waals surface area (Å²) in [6.45, 7) is 0. The zero-order valence-corrected chi connectivity index (χ0v) is 12.1. The van der Waals surface area contributed by atoms with E-state index in [0.717, 1.165) is 29.6 Å². The van der Waals surface area contributed by atoms with Gasteiger partial charge in [0.2, 0.25) is 0 Å². The average molecular weight is 273 g/mol. The molecule has 1 heteroatoms. The highest BCUT2D eigenvalue weighted by molar-refractivity contribution is 6.21. The molecular weight excluding hydrogens is 252 g/mol. The molecule has 19 heavy (non-hydrogen) atoms. The molecule has 0 amide bonds. The van der Waals surface area contributed by atoms with Crippen molar-refractivity contribution in [3.05, 3.63) is 34.9 Å². The molecule has 0 spiro atoms. The molecule has 5 unspecified atom stereocenters. The van der Waals surface area contributed by atoms with Crippen molar-refractivity contribution < 1.29 is 0 Å². The monoisotopic (exact) mass is 272 g/mol. The molecule has 0 nitrogen and oxygen atoms in total. The molecule has 0 aromatic heterocycles. The van der Waals surface area contributed by atoms with Crippen molar-refractivity contribution in [3.8, 4) is 0 Å². The molecule has 5 atom stereocenters. The lowest BCUT2D eigenvalue weighted by Crippen LogP contribution is -2.04. The summed E-state index contributed by atoms with van der Waals surface area (Å²) in [4.78, 5) is 0. The summed E-state index contributed by atoms with van der Waals surface area (Å²) in [6.07, 6.45) is 8.41. The van der Waals surface area contributed by atoms with Crippen LogP contribution in [0.1, 0.15) is 47.8 Å². The average Bonchev–Trinajstić information content (AvgIpc) is 2.84. The first-order chi connectivity index (χ1) is 9.33. The normalized spacial score (nSPS) is 43.1. The van der Waals surface area contributed by atoms with E-state index in [-0.39, 0.29) is 0 Å². The highest BCUT2D eigenvalue weighted by atomic mass is 35.5. The molecule has 3 fully saturated rings. The van der Waals surface area contributed by atoms with E-state index in [4.69, 9.17) is 11.6 Å². The Hall–Kier alpha value is -0.490. The van der Waals surface area contributed by atoms with Crippen LogP contribution in [-0.2, 0) is 12.8 Å². The van der Waals surface area contributed by atoms with Crippen molar-refractivity contribution in [1.82, 2.24) is 0 Å². The van der Waals surface area contributed by atoms with E-state index in [9.17, 15) is 0 Å². The van der Waals surface area contributed by atoms with Gasteiger partial charge < -0.3 is 0 Å². The van der Waals surface area contributed by atoms with Gasteiger partial charge >= 0.3 is 0 Å². The van der Waals surface area contributed by atoms with Crippen molar-refractivity contribution in [1.29, 1.82) is 0 Å². The van der Waals surface area contributed by atoms with Gasteiger partial charge in [-0.05, 0) is 84.8 Å². The first-order valence-electron chi connectivity index (χ1n) is 8.09. The third-order valence-corrected chi connectivity index (χ3v) is 7.12. The number of halogens is 1. The topological polar surface area (TPSA) is 0 Å². The van der Waals surface area contributed by atoms with E-state index in [1.807, 2.05) is 0 Å². The fourth-order valence-corrected chi connectivity index (χ4v) is 6.24. The predicted octanol–water partition coefficient (Wildman–Crippen LogP) is 4.75. The zero-order chi connectivity index (χ0) is 12.6. The van der Waals surface area contributed by atoms with Crippen LogP contribution >= 0.6 is 11.6 Å². The summed E-state index contributed by atoms with van der Waals surface area (Å²) in [6, 6.07) is 7.09. The lowest BCUT2D eigenvalue weighted by molar-refractivity contribution is 0.455. The van der Waals surface area contributed by atoms with Crippen LogP contribution < -0.4 is 0 Å². The third-order valence-electron chi connectivity index (χ3n) is 6.57. The summed E-state index contributed by atoms with van der Waals surface area (Å²) in [5.74, 6) is 4.88. The second-order valence-corrected chi connectivity index (χ2v) is 7.82. The van der Waals surface area contributed by atoms with Crippen LogP contribution in [0, 0.1) is 29.6 Å². The zero-order valence-electron chi connectivity index (χ0n) is 11.3. The van der Waals surface area contributed by atoms with E-state index in [2.05, 4.69) is 18.2 Å². The summed E-state index contributed by atoms with van der Waals surface area (Å²) in [5, 5.41) is 0.296. The second kappa shape index (κ2) is 3.79. The molecule has 0 radical (unpaired) electrons. The van der Waals surface area contributed by atoms with E-state index < -0.39 is 0 Å². The molecule has 0 heterocycles. The Balaban J connectivity index is 1.42.